The van der Waals surface area contributed by atoms with Crippen molar-refractivity contribution in [2.45, 2.75) is 112 Å². The molecular formula is C22H44O2. The van der Waals surface area contributed by atoms with Gasteiger partial charge in [-0.2, -0.15) is 0 Å². The van der Waals surface area contributed by atoms with Gasteiger partial charge in [0.1, 0.15) is 0 Å². The molecule has 0 aliphatic rings. The Morgan fingerprint density at radius 1 is 0.833 bits per heavy atom. The van der Waals surface area contributed by atoms with Crippen molar-refractivity contribution in [1.29, 1.82) is 0 Å². The molecule has 0 aromatic carbocycles. The van der Waals surface area contributed by atoms with Gasteiger partial charge in [0, 0.05) is 6.42 Å². The normalized spacial score (nSPS) is 13.3. The quantitative estimate of drug-likeness (QED) is 0.248. The van der Waals surface area contributed by atoms with Gasteiger partial charge in [-0.15, -0.1) is 0 Å². The highest BCUT2D eigenvalue weighted by Gasteiger charge is 2.18. The minimum atomic E-state index is -0.0168. The van der Waals surface area contributed by atoms with Crippen LogP contribution >= 0.6 is 0 Å². The van der Waals surface area contributed by atoms with Crippen molar-refractivity contribution in [2.75, 3.05) is 6.61 Å². The molecule has 0 fully saturated rings. The van der Waals surface area contributed by atoms with E-state index in [1.807, 2.05) is 0 Å². The number of unbranched alkanes of at least 4 members (excludes halogenated alkanes) is 7. The van der Waals surface area contributed by atoms with Gasteiger partial charge in [0.05, 0.1) is 6.61 Å². The summed E-state index contributed by atoms with van der Waals surface area (Å²) in [6.45, 7) is 14.0. The van der Waals surface area contributed by atoms with Crippen LogP contribution in [0.25, 0.3) is 0 Å². The SMILES string of the molecule is CC(C)CCCCCCCCCCOC(=O)C[C@H](C)CC(C)(C)C. The molecule has 0 saturated heterocycles. The first-order chi connectivity index (χ1) is 11.2. The summed E-state index contributed by atoms with van der Waals surface area (Å²) in [6, 6.07) is 0. The fraction of sp³-hybridized carbons (Fsp3) is 0.955. The smallest absolute Gasteiger partial charge is 0.306 e. The Morgan fingerprint density at radius 2 is 1.33 bits per heavy atom. The Hall–Kier alpha value is -0.530. The van der Waals surface area contributed by atoms with Gasteiger partial charge in [0.15, 0.2) is 0 Å². The Morgan fingerprint density at radius 3 is 1.83 bits per heavy atom. The van der Waals surface area contributed by atoms with Crippen LogP contribution < -0.4 is 0 Å². The monoisotopic (exact) mass is 340 g/mol. The third-order valence-electron chi connectivity index (χ3n) is 4.41. The van der Waals surface area contributed by atoms with Crippen molar-refractivity contribution >= 4 is 5.97 Å². The maximum Gasteiger partial charge on any atom is 0.306 e. The molecule has 144 valence electrons. The van der Waals surface area contributed by atoms with Crippen molar-refractivity contribution in [3.63, 3.8) is 0 Å². The zero-order chi connectivity index (χ0) is 18.4. The molecule has 0 aromatic rings. The van der Waals surface area contributed by atoms with E-state index in [9.17, 15) is 4.79 Å². The molecule has 2 heteroatoms. The van der Waals surface area contributed by atoms with Gasteiger partial charge in [0.25, 0.3) is 0 Å². The molecule has 0 rings (SSSR count). The van der Waals surface area contributed by atoms with E-state index >= 15 is 0 Å². The van der Waals surface area contributed by atoms with Crippen LogP contribution in [0.3, 0.4) is 0 Å². The van der Waals surface area contributed by atoms with E-state index in [-0.39, 0.29) is 11.4 Å². The predicted molar refractivity (Wildman–Crippen MR) is 105 cm³/mol. The average Bonchev–Trinajstić information content (AvgIpc) is 2.42. The van der Waals surface area contributed by atoms with Gasteiger partial charge in [-0.05, 0) is 30.1 Å². The van der Waals surface area contributed by atoms with Crippen LogP contribution in [0.5, 0.6) is 0 Å². The largest absolute Gasteiger partial charge is 0.466 e. The third kappa shape index (κ3) is 17.8. The zero-order valence-corrected chi connectivity index (χ0v) is 17.5. The lowest BCUT2D eigenvalue weighted by atomic mass is 9.84. The minimum Gasteiger partial charge on any atom is -0.466 e. The highest BCUT2D eigenvalue weighted by atomic mass is 16.5. The summed E-state index contributed by atoms with van der Waals surface area (Å²) in [5, 5.41) is 0. The highest BCUT2D eigenvalue weighted by molar-refractivity contribution is 5.69. The van der Waals surface area contributed by atoms with Gasteiger partial charge >= 0.3 is 5.97 Å². The van der Waals surface area contributed by atoms with Crippen LogP contribution in [0.2, 0.25) is 0 Å². The van der Waals surface area contributed by atoms with Crippen molar-refractivity contribution < 1.29 is 9.53 Å². The van der Waals surface area contributed by atoms with E-state index in [2.05, 4.69) is 41.5 Å². The summed E-state index contributed by atoms with van der Waals surface area (Å²) in [7, 11) is 0. The van der Waals surface area contributed by atoms with Crippen molar-refractivity contribution in [3.8, 4) is 0 Å². The van der Waals surface area contributed by atoms with Crippen LogP contribution in [-0.2, 0) is 9.53 Å². The summed E-state index contributed by atoms with van der Waals surface area (Å²) in [6.07, 6.45) is 13.4. The third-order valence-corrected chi connectivity index (χ3v) is 4.41. The maximum atomic E-state index is 11.8. The molecule has 2 nitrogen and oxygen atoms in total. The molecule has 0 saturated carbocycles. The van der Waals surface area contributed by atoms with Gasteiger partial charge in [0.2, 0.25) is 0 Å². The van der Waals surface area contributed by atoms with E-state index < -0.39 is 0 Å². The highest BCUT2D eigenvalue weighted by Crippen LogP contribution is 2.26. The molecule has 0 aromatic heterocycles. The number of carbonyl (C=O) groups excluding carboxylic acids is 1. The summed E-state index contributed by atoms with van der Waals surface area (Å²) in [5.74, 6) is 1.24. The molecule has 0 aliphatic heterocycles. The first-order valence-corrected chi connectivity index (χ1v) is 10.4. The Labute approximate surface area is 152 Å². The van der Waals surface area contributed by atoms with Crippen molar-refractivity contribution in [1.82, 2.24) is 0 Å². The van der Waals surface area contributed by atoms with Crippen LogP contribution in [0, 0.1) is 17.3 Å². The fourth-order valence-electron chi connectivity index (χ4n) is 3.36. The van der Waals surface area contributed by atoms with Crippen LogP contribution in [0.1, 0.15) is 112 Å². The van der Waals surface area contributed by atoms with Crippen molar-refractivity contribution in [3.05, 3.63) is 0 Å². The van der Waals surface area contributed by atoms with E-state index in [4.69, 9.17) is 4.74 Å². The van der Waals surface area contributed by atoms with Crippen molar-refractivity contribution in [2.24, 2.45) is 17.3 Å². The standard InChI is InChI=1S/C22H44O2/c1-19(2)15-13-11-9-7-8-10-12-14-16-24-21(23)17-20(3)18-22(4,5)6/h19-20H,7-18H2,1-6H3/t20-/m0/s1. The molecule has 0 aliphatic carbocycles. The zero-order valence-electron chi connectivity index (χ0n) is 17.5. The molecule has 0 heterocycles. The van der Waals surface area contributed by atoms with E-state index in [0.717, 1.165) is 18.8 Å². The van der Waals surface area contributed by atoms with Crippen LogP contribution in [0.4, 0.5) is 0 Å². The Bertz CT molecular complexity index is 302. The number of hydrogen-bond acceptors (Lipinski definition) is 2. The number of ether oxygens (including phenoxy) is 1. The lowest BCUT2D eigenvalue weighted by Gasteiger charge is -2.22. The second-order valence-electron chi connectivity index (χ2n) is 9.31. The molecule has 0 unspecified atom stereocenters. The summed E-state index contributed by atoms with van der Waals surface area (Å²) < 4.78 is 5.37. The lowest BCUT2D eigenvalue weighted by Crippen LogP contribution is -2.16. The number of esters is 1. The molecule has 0 bridgehead atoms. The molecule has 1 atom stereocenters. The molecule has 0 radical (unpaired) electrons. The van der Waals surface area contributed by atoms with Gasteiger partial charge in [-0.1, -0.05) is 92.9 Å². The first-order valence-electron chi connectivity index (χ1n) is 10.4. The van der Waals surface area contributed by atoms with E-state index in [1.54, 1.807) is 0 Å². The minimum absolute atomic E-state index is 0.0168. The second kappa shape index (κ2) is 13.7. The Balaban J connectivity index is 3.36. The van der Waals surface area contributed by atoms with Gasteiger partial charge in [-0.3, -0.25) is 4.79 Å². The Kier molecular flexibility index (Phi) is 13.4. The molecular weight excluding hydrogens is 296 g/mol. The van der Waals surface area contributed by atoms with Crippen LogP contribution in [0.15, 0.2) is 0 Å². The first kappa shape index (κ1) is 23.5. The molecule has 0 N–H and O–H groups in total. The van der Waals surface area contributed by atoms with Crippen LogP contribution in [-0.4, -0.2) is 12.6 Å². The maximum absolute atomic E-state index is 11.8. The summed E-state index contributed by atoms with van der Waals surface area (Å²) in [4.78, 5) is 11.8. The fourth-order valence-corrected chi connectivity index (χ4v) is 3.36. The number of carbonyl (C=O) groups is 1. The lowest BCUT2D eigenvalue weighted by molar-refractivity contribution is -0.144. The van der Waals surface area contributed by atoms with Gasteiger partial charge < -0.3 is 4.74 Å². The second-order valence-corrected chi connectivity index (χ2v) is 9.31. The number of hydrogen-bond donors (Lipinski definition) is 0. The van der Waals surface area contributed by atoms with Gasteiger partial charge in [-0.25, -0.2) is 0 Å². The predicted octanol–water partition coefficient (Wildman–Crippen LogP) is 7.16. The number of rotatable bonds is 14. The molecule has 24 heavy (non-hydrogen) atoms. The van der Waals surface area contributed by atoms with E-state index in [1.165, 1.54) is 51.4 Å². The summed E-state index contributed by atoms with van der Waals surface area (Å²) >= 11 is 0. The van der Waals surface area contributed by atoms with E-state index in [0.29, 0.717) is 18.9 Å². The average molecular weight is 341 g/mol. The summed E-state index contributed by atoms with van der Waals surface area (Å²) in [5.41, 5.74) is 0.286. The molecule has 0 amide bonds. The topological polar surface area (TPSA) is 26.3 Å². The molecule has 0 spiro atoms.